The Labute approximate surface area is 108 Å². The second-order valence-corrected chi connectivity index (χ2v) is 5.96. The minimum Gasteiger partial charge on any atom is -0.143 e. The first-order valence-corrected chi connectivity index (χ1v) is 8.08. The van der Waals surface area contributed by atoms with Gasteiger partial charge in [-0.2, -0.15) is 0 Å². The van der Waals surface area contributed by atoms with E-state index in [9.17, 15) is 0 Å². The van der Waals surface area contributed by atoms with Gasteiger partial charge in [-0.15, -0.1) is 23.1 Å². The summed E-state index contributed by atoms with van der Waals surface area (Å²) in [6, 6.07) is 4.37. The van der Waals surface area contributed by atoms with Crippen molar-refractivity contribution in [2.75, 3.05) is 6.26 Å². The van der Waals surface area contributed by atoms with Gasteiger partial charge in [-0.3, -0.25) is 0 Å². The Morgan fingerprint density at radius 1 is 1.43 bits per heavy atom. The molecule has 0 aliphatic rings. The normalized spacial score (nSPS) is 11.1. The largest absolute Gasteiger partial charge is 0.143 e. The summed E-state index contributed by atoms with van der Waals surface area (Å²) < 4.78 is 2.59. The van der Waals surface area contributed by atoms with Crippen LogP contribution in [-0.2, 0) is 5.33 Å². The molecular weight excluding hydrogens is 344 g/mol. The van der Waals surface area contributed by atoms with E-state index < -0.39 is 0 Å². The molecule has 0 spiro atoms. The van der Waals surface area contributed by atoms with Crippen molar-refractivity contribution in [3.63, 3.8) is 0 Å². The highest BCUT2D eigenvalue weighted by atomic mass is 79.9. The van der Waals surface area contributed by atoms with Gasteiger partial charge in [0.25, 0.3) is 0 Å². The molecule has 0 saturated carbocycles. The number of rotatable bonds is 2. The Bertz CT molecular complexity index is 462. The number of halogens is 2. The zero-order valence-electron chi connectivity index (χ0n) is 7.51. The molecule has 0 amide bonds. The first-order valence-electron chi connectivity index (χ1n) is 4.06. The number of alkyl halides is 1. The van der Waals surface area contributed by atoms with Gasteiger partial charge in [-0.1, -0.05) is 15.9 Å². The Hall–Kier alpha value is 0.490. The van der Waals surface area contributed by atoms with Gasteiger partial charge in [0.05, 0.1) is 0 Å². The van der Waals surface area contributed by atoms with E-state index in [1.807, 2.05) is 0 Å². The fraction of sp³-hybridized carbons (Fsp3) is 0.200. The Kier molecular flexibility index (Phi) is 3.58. The maximum atomic E-state index is 3.68. The highest BCUT2D eigenvalue weighted by Crippen LogP contribution is 2.38. The van der Waals surface area contributed by atoms with Gasteiger partial charge < -0.3 is 0 Å². The van der Waals surface area contributed by atoms with Crippen molar-refractivity contribution in [3.05, 3.63) is 27.5 Å². The summed E-state index contributed by atoms with van der Waals surface area (Å²) in [5.41, 5.74) is 1.37. The van der Waals surface area contributed by atoms with Crippen LogP contribution < -0.4 is 0 Å². The van der Waals surface area contributed by atoms with Crippen molar-refractivity contribution in [2.24, 2.45) is 0 Å². The number of fused-ring (bicyclic) bond motifs is 1. The van der Waals surface area contributed by atoms with Crippen LogP contribution in [0.4, 0.5) is 0 Å². The monoisotopic (exact) mass is 350 g/mol. The number of thiophene rings is 1. The molecule has 2 aromatic rings. The molecule has 0 unspecified atom stereocenters. The van der Waals surface area contributed by atoms with Crippen LogP contribution in [0.3, 0.4) is 0 Å². The molecule has 0 radical (unpaired) electrons. The second kappa shape index (κ2) is 4.56. The average molecular weight is 352 g/mol. The molecule has 0 atom stereocenters. The summed E-state index contributed by atoms with van der Waals surface area (Å²) in [5, 5.41) is 4.50. The quantitative estimate of drug-likeness (QED) is 0.523. The van der Waals surface area contributed by atoms with Crippen LogP contribution in [0.25, 0.3) is 10.1 Å². The van der Waals surface area contributed by atoms with Gasteiger partial charge in [-0.05, 0) is 45.3 Å². The summed E-state index contributed by atoms with van der Waals surface area (Å²) in [5.74, 6) is 0. The minimum atomic E-state index is 0.920. The maximum Gasteiger partial charge on any atom is 0.0401 e. The fourth-order valence-corrected chi connectivity index (χ4v) is 4.71. The highest BCUT2D eigenvalue weighted by Gasteiger charge is 2.09. The smallest absolute Gasteiger partial charge is 0.0401 e. The van der Waals surface area contributed by atoms with Crippen molar-refractivity contribution in [1.82, 2.24) is 0 Å². The van der Waals surface area contributed by atoms with Crippen molar-refractivity contribution in [1.29, 1.82) is 0 Å². The lowest BCUT2D eigenvalue weighted by atomic mass is 10.2. The van der Waals surface area contributed by atoms with Crippen molar-refractivity contribution < 1.29 is 0 Å². The second-order valence-electron chi connectivity index (χ2n) is 2.85. The molecule has 0 bridgehead atoms. The molecular formula is C10H8Br2S2. The molecule has 1 aromatic heterocycles. The number of thioether (sulfide) groups is 1. The van der Waals surface area contributed by atoms with Gasteiger partial charge >= 0.3 is 0 Å². The molecule has 14 heavy (non-hydrogen) atoms. The van der Waals surface area contributed by atoms with Crippen LogP contribution in [0.15, 0.2) is 26.9 Å². The lowest BCUT2D eigenvalue weighted by Crippen LogP contribution is -1.78. The Morgan fingerprint density at radius 2 is 2.21 bits per heavy atom. The lowest BCUT2D eigenvalue weighted by molar-refractivity contribution is 1.44. The number of hydrogen-bond donors (Lipinski definition) is 0. The van der Waals surface area contributed by atoms with E-state index in [1.165, 1.54) is 25.0 Å². The standard InChI is InChI=1S/C10H8Br2S2/c1-13-8-3-2-7-9(10(8)12)6(4-11)5-14-7/h2-3,5H,4H2,1H3. The van der Waals surface area contributed by atoms with E-state index in [0.717, 1.165) is 5.33 Å². The minimum absolute atomic E-state index is 0.920. The zero-order chi connectivity index (χ0) is 10.1. The molecule has 0 N–H and O–H groups in total. The topological polar surface area (TPSA) is 0 Å². The SMILES string of the molecule is CSc1ccc2scc(CBr)c2c1Br. The van der Waals surface area contributed by atoms with Gasteiger partial charge in [-0.25, -0.2) is 0 Å². The van der Waals surface area contributed by atoms with Crippen LogP contribution in [0.1, 0.15) is 5.56 Å². The third-order valence-electron chi connectivity index (χ3n) is 2.08. The van der Waals surface area contributed by atoms with E-state index in [2.05, 4.69) is 55.6 Å². The molecule has 74 valence electrons. The summed E-state index contributed by atoms with van der Waals surface area (Å²) in [6.07, 6.45) is 2.10. The first-order chi connectivity index (χ1) is 6.77. The summed E-state index contributed by atoms with van der Waals surface area (Å²) in [6.45, 7) is 0. The maximum absolute atomic E-state index is 3.68. The Morgan fingerprint density at radius 3 is 2.86 bits per heavy atom. The predicted octanol–water partition coefficient (Wildman–Crippen LogP) is 5.28. The average Bonchev–Trinajstić information content (AvgIpc) is 2.62. The molecule has 2 rings (SSSR count). The van der Waals surface area contributed by atoms with Crippen LogP contribution in [-0.4, -0.2) is 6.26 Å². The van der Waals surface area contributed by atoms with Crippen LogP contribution in [0.2, 0.25) is 0 Å². The molecule has 0 nitrogen and oxygen atoms in total. The van der Waals surface area contributed by atoms with Crippen LogP contribution >= 0.6 is 55.0 Å². The number of benzene rings is 1. The zero-order valence-corrected chi connectivity index (χ0v) is 12.3. The van der Waals surface area contributed by atoms with E-state index in [1.54, 1.807) is 23.1 Å². The van der Waals surface area contributed by atoms with Gasteiger partial charge in [0, 0.05) is 24.8 Å². The first kappa shape index (κ1) is 11.0. The van der Waals surface area contributed by atoms with Gasteiger partial charge in [0.2, 0.25) is 0 Å². The van der Waals surface area contributed by atoms with Crippen molar-refractivity contribution >= 4 is 65.0 Å². The summed E-state index contributed by atoms with van der Waals surface area (Å²) >= 11 is 10.8. The van der Waals surface area contributed by atoms with E-state index in [-0.39, 0.29) is 0 Å². The van der Waals surface area contributed by atoms with Crippen LogP contribution in [0.5, 0.6) is 0 Å². The molecule has 0 saturated heterocycles. The molecule has 0 aliphatic carbocycles. The summed E-state index contributed by atoms with van der Waals surface area (Å²) in [7, 11) is 0. The third kappa shape index (κ3) is 1.77. The number of hydrogen-bond acceptors (Lipinski definition) is 2. The third-order valence-corrected chi connectivity index (χ3v) is 5.55. The molecule has 1 aromatic carbocycles. The van der Waals surface area contributed by atoms with Gasteiger partial charge in [0.15, 0.2) is 0 Å². The van der Waals surface area contributed by atoms with Crippen molar-refractivity contribution in [2.45, 2.75) is 10.2 Å². The van der Waals surface area contributed by atoms with E-state index >= 15 is 0 Å². The lowest BCUT2D eigenvalue weighted by Gasteiger charge is -2.03. The van der Waals surface area contributed by atoms with E-state index in [4.69, 9.17) is 0 Å². The molecule has 0 fully saturated rings. The highest BCUT2D eigenvalue weighted by molar-refractivity contribution is 9.10. The van der Waals surface area contributed by atoms with Crippen molar-refractivity contribution in [3.8, 4) is 0 Å². The molecule has 1 heterocycles. The molecule has 4 heteroatoms. The van der Waals surface area contributed by atoms with Crippen LogP contribution in [0, 0.1) is 0 Å². The van der Waals surface area contributed by atoms with Gasteiger partial charge in [0.1, 0.15) is 0 Å². The van der Waals surface area contributed by atoms with E-state index in [0.29, 0.717) is 0 Å². The Balaban J connectivity index is 2.77. The molecule has 0 aliphatic heterocycles. The summed E-state index contributed by atoms with van der Waals surface area (Å²) in [4.78, 5) is 1.30. The predicted molar refractivity (Wildman–Crippen MR) is 73.9 cm³/mol. The fourth-order valence-electron chi connectivity index (χ4n) is 1.39.